The minimum atomic E-state index is -1.29. The van der Waals surface area contributed by atoms with E-state index in [1.54, 1.807) is 6.92 Å². The highest BCUT2D eigenvalue weighted by Gasteiger charge is 2.31. The van der Waals surface area contributed by atoms with Crippen LogP contribution in [-0.2, 0) is 9.59 Å². The molecule has 19 heavy (non-hydrogen) atoms. The predicted octanol–water partition coefficient (Wildman–Crippen LogP) is 2.21. The fourth-order valence-electron chi connectivity index (χ4n) is 1.35. The highest BCUT2D eigenvalue weighted by atomic mass is 19.1. The second kappa shape index (κ2) is 6.13. The minimum absolute atomic E-state index is 0.276. The topological polar surface area (TPSA) is 66.4 Å². The van der Waals surface area contributed by atoms with E-state index < -0.39 is 17.4 Å². The molecule has 0 heterocycles. The van der Waals surface area contributed by atoms with Gasteiger partial charge in [-0.2, -0.15) is 0 Å². The molecule has 0 aromatic heterocycles. The Morgan fingerprint density at radius 3 is 2.42 bits per heavy atom. The third-order valence-corrected chi connectivity index (χ3v) is 2.88. The lowest BCUT2D eigenvalue weighted by Crippen LogP contribution is -2.51. The fraction of sp³-hybridized carbons (Fsp3) is 0.286. The lowest BCUT2D eigenvalue weighted by molar-refractivity contribution is -0.146. The quantitative estimate of drug-likeness (QED) is 0.802. The van der Waals surface area contributed by atoms with Crippen LogP contribution in [-0.4, -0.2) is 22.5 Å². The summed E-state index contributed by atoms with van der Waals surface area (Å²) in [7, 11) is 0. The number of carboxylic acids is 1. The van der Waals surface area contributed by atoms with Crippen LogP contribution in [0, 0.1) is 5.82 Å². The molecule has 4 nitrogen and oxygen atoms in total. The summed E-state index contributed by atoms with van der Waals surface area (Å²) in [5, 5.41) is 11.4. The van der Waals surface area contributed by atoms with Gasteiger partial charge in [0.2, 0.25) is 5.91 Å². The Balaban J connectivity index is 2.70. The van der Waals surface area contributed by atoms with Gasteiger partial charge < -0.3 is 10.4 Å². The smallest absolute Gasteiger partial charge is 0.329 e. The van der Waals surface area contributed by atoms with E-state index in [0.717, 1.165) is 0 Å². The summed E-state index contributed by atoms with van der Waals surface area (Å²) in [4.78, 5) is 22.6. The molecule has 102 valence electrons. The average Bonchev–Trinajstić information content (AvgIpc) is 2.37. The van der Waals surface area contributed by atoms with Crippen LogP contribution in [0.4, 0.5) is 4.39 Å². The van der Waals surface area contributed by atoms with Crippen LogP contribution in [0.15, 0.2) is 30.3 Å². The molecule has 0 saturated carbocycles. The van der Waals surface area contributed by atoms with Gasteiger partial charge in [0.25, 0.3) is 0 Å². The molecule has 0 bridgehead atoms. The van der Waals surface area contributed by atoms with Crippen molar-refractivity contribution in [2.75, 3.05) is 0 Å². The van der Waals surface area contributed by atoms with Gasteiger partial charge in [-0.15, -0.1) is 0 Å². The number of rotatable bonds is 5. The second-order valence-corrected chi connectivity index (χ2v) is 4.36. The molecule has 1 amide bonds. The molecule has 0 spiro atoms. The van der Waals surface area contributed by atoms with Gasteiger partial charge in [0.15, 0.2) is 0 Å². The SMILES string of the molecule is CCC(C)(NC(=O)C=Cc1ccc(F)cc1)C(=O)O. The Kier molecular flexibility index (Phi) is 4.80. The van der Waals surface area contributed by atoms with E-state index in [1.807, 2.05) is 0 Å². The van der Waals surface area contributed by atoms with Gasteiger partial charge in [0.1, 0.15) is 11.4 Å². The highest BCUT2D eigenvalue weighted by Crippen LogP contribution is 2.10. The Morgan fingerprint density at radius 1 is 1.37 bits per heavy atom. The van der Waals surface area contributed by atoms with Crippen molar-refractivity contribution >= 4 is 18.0 Å². The van der Waals surface area contributed by atoms with Crippen molar-refractivity contribution in [2.45, 2.75) is 25.8 Å². The summed E-state index contributed by atoms with van der Waals surface area (Å²) >= 11 is 0. The van der Waals surface area contributed by atoms with Crippen molar-refractivity contribution in [2.24, 2.45) is 0 Å². The first-order chi connectivity index (χ1) is 8.87. The first-order valence-electron chi connectivity index (χ1n) is 5.86. The van der Waals surface area contributed by atoms with Crippen molar-refractivity contribution in [1.29, 1.82) is 0 Å². The van der Waals surface area contributed by atoms with Gasteiger partial charge >= 0.3 is 5.97 Å². The number of nitrogens with one attached hydrogen (secondary N) is 1. The van der Waals surface area contributed by atoms with Crippen molar-refractivity contribution < 1.29 is 19.1 Å². The number of hydrogen-bond donors (Lipinski definition) is 2. The van der Waals surface area contributed by atoms with Gasteiger partial charge in [-0.05, 0) is 37.1 Å². The van der Waals surface area contributed by atoms with Gasteiger partial charge in [-0.1, -0.05) is 19.1 Å². The van der Waals surface area contributed by atoms with E-state index in [0.29, 0.717) is 5.56 Å². The second-order valence-electron chi connectivity index (χ2n) is 4.36. The largest absolute Gasteiger partial charge is 0.480 e. The van der Waals surface area contributed by atoms with Gasteiger partial charge in [0, 0.05) is 6.08 Å². The molecule has 2 N–H and O–H groups in total. The maximum absolute atomic E-state index is 12.7. The monoisotopic (exact) mass is 265 g/mol. The molecular weight excluding hydrogens is 249 g/mol. The van der Waals surface area contributed by atoms with Crippen molar-refractivity contribution in [3.63, 3.8) is 0 Å². The van der Waals surface area contributed by atoms with Crippen LogP contribution in [0.5, 0.6) is 0 Å². The van der Waals surface area contributed by atoms with E-state index in [4.69, 9.17) is 5.11 Å². The van der Waals surface area contributed by atoms with E-state index in [2.05, 4.69) is 5.32 Å². The lowest BCUT2D eigenvalue weighted by atomic mass is 9.99. The van der Waals surface area contributed by atoms with Crippen molar-refractivity contribution in [1.82, 2.24) is 5.32 Å². The number of halogens is 1. The molecule has 1 atom stereocenters. The number of amides is 1. The Hall–Kier alpha value is -2.17. The van der Waals surface area contributed by atoms with E-state index in [9.17, 15) is 14.0 Å². The summed E-state index contributed by atoms with van der Waals surface area (Å²) in [6, 6.07) is 5.61. The molecule has 1 aromatic carbocycles. The van der Waals surface area contributed by atoms with Crippen LogP contribution >= 0.6 is 0 Å². The Morgan fingerprint density at radius 2 is 1.95 bits per heavy atom. The first-order valence-corrected chi connectivity index (χ1v) is 5.86. The summed E-state index contributed by atoms with van der Waals surface area (Å²) in [6.45, 7) is 3.12. The molecular formula is C14H16FNO3. The molecule has 5 heteroatoms. The van der Waals surface area contributed by atoms with E-state index >= 15 is 0 Å². The van der Waals surface area contributed by atoms with E-state index in [1.165, 1.54) is 43.3 Å². The zero-order valence-electron chi connectivity index (χ0n) is 10.8. The molecule has 0 radical (unpaired) electrons. The molecule has 0 fully saturated rings. The molecule has 1 rings (SSSR count). The number of benzene rings is 1. The normalized spacial score (nSPS) is 14.1. The van der Waals surface area contributed by atoms with Crippen LogP contribution in [0.1, 0.15) is 25.8 Å². The number of aliphatic carboxylic acids is 1. The lowest BCUT2D eigenvalue weighted by Gasteiger charge is -2.23. The summed E-state index contributed by atoms with van der Waals surface area (Å²) in [5.74, 6) is -1.94. The number of hydrogen-bond acceptors (Lipinski definition) is 2. The Bertz CT molecular complexity index is 496. The number of carbonyl (C=O) groups is 2. The third kappa shape index (κ3) is 4.21. The first kappa shape index (κ1) is 14.9. The summed E-state index contributed by atoms with van der Waals surface area (Å²) in [5.41, 5.74) is -0.630. The van der Waals surface area contributed by atoms with Crippen LogP contribution in [0.3, 0.4) is 0 Å². The standard InChI is InChI=1S/C14H16FNO3/c1-3-14(2,13(18)19)16-12(17)9-6-10-4-7-11(15)8-5-10/h4-9H,3H2,1-2H3,(H,16,17)(H,18,19). The average molecular weight is 265 g/mol. The molecule has 0 saturated heterocycles. The molecule has 0 aliphatic rings. The van der Waals surface area contributed by atoms with Gasteiger partial charge in [0.05, 0.1) is 0 Å². The highest BCUT2D eigenvalue weighted by molar-refractivity contribution is 5.95. The fourth-order valence-corrected chi connectivity index (χ4v) is 1.35. The zero-order valence-corrected chi connectivity index (χ0v) is 10.8. The number of carboxylic acid groups (broad SMARTS) is 1. The number of carbonyl (C=O) groups excluding carboxylic acids is 1. The maximum atomic E-state index is 12.7. The predicted molar refractivity (Wildman–Crippen MR) is 69.9 cm³/mol. The van der Waals surface area contributed by atoms with Crippen LogP contribution in [0.25, 0.3) is 6.08 Å². The van der Waals surface area contributed by atoms with E-state index in [-0.39, 0.29) is 12.2 Å². The van der Waals surface area contributed by atoms with Crippen molar-refractivity contribution in [3.8, 4) is 0 Å². The van der Waals surface area contributed by atoms with Crippen LogP contribution < -0.4 is 5.32 Å². The molecule has 0 aliphatic heterocycles. The van der Waals surface area contributed by atoms with Crippen LogP contribution in [0.2, 0.25) is 0 Å². The van der Waals surface area contributed by atoms with Gasteiger partial charge in [-0.25, -0.2) is 9.18 Å². The summed E-state index contributed by atoms with van der Waals surface area (Å²) < 4.78 is 12.7. The maximum Gasteiger partial charge on any atom is 0.329 e. The summed E-state index contributed by atoms with van der Waals surface area (Å²) in [6.07, 6.45) is 3.00. The van der Waals surface area contributed by atoms with Gasteiger partial charge in [-0.3, -0.25) is 4.79 Å². The van der Waals surface area contributed by atoms with Crippen molar-refractivity contribution in [3.05, 3.63) is 41.7 Å². The Labute approximate surface area is 110 Å². The minimum Gasteiger partial charge on any atom is -0.480 e. The molecule has 1 unspecified atom stereocenters. The molecule has 1 aromatic rings. The zero-order chi connectivity index (χ0) is 14.5. The third-order valence-electron chi connectivity index (χ3n) is 2.88. The molecule has 0 aliphatic carbocycles.